The molecule has 0 radical (unpaired) electrons. The Kier molecular flexibility index (Phi) is 7.66. The molecule has 0 spiro atoms. The van der Waals surface area contributed by atoms with Crippen LogP contribution in [-0.2, 0) is 4.79 Å². The third-order valence-corrected chi connectivity index (χ3v) is 2.21. The molecule has 1 aliphatic carbocycles. The molecule has 1 rings (SSSR count). The molecule has 0 aromatic rings. The second-order valence-corrected chi connectivity index (χ2v) is 3.18. The standard InChI is InChI=1S/C10H16O.C2H6/c1-2-10(11)8-9-6-4-3-5-7-9;1-2/h8H,2-7H2,1H3;1-2H3. The molecule has 0 amide bonds. The molecule has 0 aromatic carbocycles. The zero-order valence-electron chi connectivity index (χ0n) is 9.23. The SMILES string of the molecule is CC.CCC(=O)C=C1CCCCC1. The lowest BCUT2D eigenvalue weighted by Gasteiger charge is -2.12. The van der Waals surface area contributed by atoms with Gasteiger partial charge in [-0.1, -0.05) is 32.8 Å². The van der Waals surface area contributed by atoms with E-state index in [1.165, 1.54) is 24.8 Å². The lowest BCUT2D eigenvalue weighted by atomic mass is 9.94. The van der Waals surface area contributed by atoms with Crippen LogP contribution in [0.3, 0.4) is 0 Å². The monoisotopic (exact) mass is 182 g/mol. The smallest absolute Gasteiger partial charge is 0.155 e. The number of hydrogen-bond acceptors (Lipinski definition) is 1. The van der Waals surface area contributed by atoms with E-state index in [1.807, 2.05) is 26.8 Å². The highest BCUT2D eigenvalue weighted by Gasteiger charge is 2.05. The van der Waals surface area contributed by atoms with Crippen molar-refractivity contribution in [2.45, 2.75) is 59.3 Å². The number of allylic oxidation sites excluding steroid dienone is 2. The zero-order chi connectivity index (χ0) is 10.1. The van der Waals surface area contributed by atoms with Gasteiger partial charge in [0.25, 0.3) is 0 Å². The molecule has 0 aliphatic heterocycles. The van der Waals surface area contributed by atoms with Crippen LogP contribution in [0, 0.1) is 0 Å². The van der Waals surface area contributed by atoms with Crippen LogP contribution in [0.1, 0.15) is 59.3 Å². The fraction of sp³-hybridized carbons (Fsp3) is 0.750. The van der Waals surface area contributed by atoms with Gasteiger partial charge in [0, 0.05) is 6.42 Å². The second-order valence-electron chi connectivity index (χ2n) is 3.18. The fourth-order valence-corrected chi connectivity index (χ4v) is 1.48. The molecule has 0 N–H and O–H groups in total. The molecular weight excluding hydrogens is 160 g/mol. The van der Waals surface area contributed by atoms with E-state index in [1.54, 1.807) is 0 Å². The van der Waals surface area contributed by atoms with E-state index in [2.05, 4.69) is 0 Å². The van der Waals surface area contributed by atoms with Gasteiger partial charge in [0.05, 0.1) is 0 Å². The number of hydrogen-bond donors (Lipinski definition) is 0. The molecule has 76 valence electrons. The largest absolute Gasteiger partial charge is 0.295 e. The predicted molar refractivity (Wildman–Crippen MR) is 57.8 cm³/mol. The highest BCUT2D eigenvalue weighted by molar-refractivity contribution is 5.89. The Hall–Kier alpha value is -0.590. The minimum absolute atomic E-state index is 0.293. The summed E-state index contributed by atoms with van der Waals surface area (Å²) in [5.74, 6) is 0.293. The van der Waals surface area contributed by atoms with E-state index in [0.717, 1.165) is 12.8 Å². The summed E-state index contributed by atoms with van der Waals surface area (Å²) in [6.07, 6.45) is 8.74. The molecule has 0 heterocycles. The first-order valence-electron chi connectivity index (χ1n) is 5.55. The van der Waals surface area contributed by atoms with Gasteiger partial charge >= 0.3 is 0 Å². The van der Waals surface area contributed by atoms with Crippen LogP contribution in [0.2, 0.25) is 0 Å². The highest BCUT2D eigenvalue weighted by atomic mass is 16.1. The molecule has 1 fully saturated rings. The van der Waals surface area contributed by atoms with Crippen molar-refractivity contribution < 1.29 is 4.79 Å². The Bertz CT molecular complexity index is 160. The fourth-order valence-electron chi connectivity index (χ4n) is 1.48. The van der Waals surface area contributed by atoms with Crippen LogP contribution in [0.4, 0.5) is 0 Å². The lowest BCUT2D eigenvalue weighted by molar-refractivity contribution is -0.114. The Morgan fingerprint density at radius 2 is 1.77 bits per heavy atom. The van der Waals surface area contributed by atoms with Gasteiger partial charge in [-0.3, -0.25) is 4.79 Å². The van der Waals surface area contributed by atoms with E-state index in [0.29, 0.717) is 12.2 Å². The van der Waals surface area contributed by atoms with Crippen molar-refractivity contribution in [1.29, 1.82) is 0 Å². The van der Waals surface area contributed by atoms with Gasteiger partial charge in [-0.05, 0) is 31.8 Å². The molecule has 0 aromatic heterocycles. The van der Waals surface area contributed by atoms with Crippen LogP contribution in [0.25, 0.3) is 0 Å². The van der Waals surface area contributed by atoms with E-state index < -0.39 is 0 Å². The van der Waals surface area contributed by atoms with Crippen molar-refractivity contribution in [3.63, 3.8) is 0 Å². The molecule has 1 saturated carbocycles. The Morgan fingerprint density at radius 3 is 2.23 bits per heavy atom. The third-order valence-electron chi connectivity index (χ3n) is 2.21. The normalized spacial score (nSPS) is 15.8. The molecule has 13 heavy (non-hydrogen) atoms. The van der Waals surface area contributed by atoms with Gasteiger partial charge in [0.2, 0.25) is 0 Å². The van der Waals surface area contributed by atoms with Crippen molar-refractivity contribution in [3.8, 4) is 0 Å². The first kappa shape index (κ1) is 12.4. The molecular formula is C12H22O. The molecule has 0 bridgehead atoms. The molecule has 0 saturated heterocycles. The predicted octanol–water partition coefficient (Wildman–Crippen LogP) is 3.88. The van der Waals surface area contributed by atoms with Gasteiger partial charge in [-0.25, -0.2) is 0 Å². The van der Waals surface area contributed by atoms with Crippen molar-refractivity contribution >= 4 is 5.78 Å². The van der Waals surface area contributed by atoms with Crippen LogP contribution < -0.4 is 0 Å². The Labute approximate surface area is 82.2 Å². The van der Waals surface area contributed by atoms with Crippen molar-refractivity contribution in [1.82, 2.24) is 0 Å². The Balaban J connectivity index is 0.000000671. The van der Waals surface area contributed by atoms with Gasteiger partial charge in [-0.15, -0.1) is 0 Å². The van der Waals surface area contributed by atoms with Crippen LogP contribution >= 0.6 is 0 Å². The lowest BCUT2D eigenvalue weighted by Crippen LogP contribution is -1.97. The number of rotatable bonds is 2. The van der Waals surface area contributed by atoms with Crippen molar-refractivity contribution in [2.75, 3.05) is 0 Å². The van der Waals surface area contributed by atoms with Crippen LogP contribution in [0.15, 0.2) is 11.6 Å². The van der Waals surface area contributed by atoms with E-state index in [-0.39, 0.29) is 0 Å². The minimum atomic E-state index is 0.293. The van der Waals surface area contributed by atoms with Gasteiger partial charge < -0.3 is 0 Å². The number of carbonyl (C=O) groups is 1. The van der Waals surface area contributed by atoms with Gasteiger partial charge in [0.1, 0.15) is 0 Å². The second kappa shape index (κ2) is 8.03. The summed E-state index contributed by atoms with van der Waals surface area (Å²) < 4.78 is 0. The maximum atomic E-state index is 11.0. The topological polar surface area (TPSA) is 17.1 Å². The molecule has 0 atom stereocenters. The summed E-state index contributed by atoms with van der Waals surface area (Å²) in [4.78, 5) is 11.0. The molecule has 0 unspecified atom stereocenters. The Morgan fingerprint density at radius 1 is 1.23 bits per heavy atom. The first-order valence-corrected chi connectivity index (χ1v) is 5.55. The van der Waals surface area contributed by atoms with Gasteiger partial charge in [-0.2, -0.15) is 0 Å². The highest BCUT2D eigenvalue weighted by Crippen LogP contribution is 2.22. The molecule has 1 aliphatic rings. The maximum absolute atomic E-state index is 11.0. The summed E-state index contributed by atoms with van der Waals surface area (Å²) >= 11 is 0. The van der Waals surface area contributed by atoms with Gasteiger partial charge in [0.15, 0.2) is 5.78 Å². The summed E-state index contributed by atoms with van der Waals surface area (Å²) in [5.41, 5.74) is 1.38. The van der Waals surface area contributed by atoms with Crippen molar-refractivity contribution in [2.24, 2.45) is 0 Å². The first-order chi connectivity index (χ1) is 6.33. The summed E-state index contributed by atoms with van der Waals surface area (Å²) in [5, 5.41) is 0. The van der Waals surface area contributed by atoms with E-state index >= 15 is 0 Å². The summed E-state index contributed by atoms with van der Waals surface area (Å²) in [7, 11) is 0. The molecule has 1 nitrogen and oxygen atoms in total. The zero-order valence-corrected chi connectivity index (χ0v) is 9.23. The minimum Gasteiger partial charge on any atom is -0.295 e. The number of ketones is 1. The third kappa shape index (κ3) is 5.62. The summed E-state index contributed by atoms with van der Waals surface area (Å²) in [6, 6.07) is 0. The molecule has 1 heteroatoms. The van der Waals surface area contributed by atoms with Crippen molar-refractivity contribution in [3.05, 3.63) is 11.6 Å². The quantitative estimate of drug-likeness (QED) is 0.592. The number of carbonyl (C=O) groups excluding carboxylic acids is 1. The average Bonchev–Trinajstić information content (AvgIpc) is 2.22. The van der Waals surface area contributed by atoms with Crippen LogP contribution in [-0.4, -0.2) is 5.78 Å². The maximum Gasteiger partial charge on any atom is 0.155 e. The summed E-state index contributed by atoms with van der Waals surface area (Å²) in [6.45, 7) is 5.92. The average molecular weight is 182 g/mol. The van der Waals surface area contributed by atoms with E-state index in [4.69, 9.17) is 0 Å². The van der Waals surface area contributed by atoms with Crippen LogP contribution in [0.5, 0.6) is 0 Å². The van der Waals surface area contributed by atoms with E-state index in [9.17, 15) is 4.79 Å².